The van der Waals surface area contributed by atoms with E-state index in [0.29, 0.717) is 12.4 Å². The third-order valence-electron chi connectivity index (χ3n) is 2.95. The van der Waals surface area contributed by atoms with Crippen LogP contribution in [-0.2, 0) is 11.7 Å². The first kappa shape index (κ1) is 10.3. The predicted octanol–water partition coefficient (Wildman–Crippen LogP) is 3.38. The molecule has 0 radical (unpaired) electrons. The van der Waals surface area contributed by atoms with Crippen molar-refractivity contribution in [2.24, 2.45) is 0 Å². The van der Waals surface area contributed by atoms with Gasteiger partial charge in [-0.2, -0.15) is 28.5 Å². The van der Waals surface area contributed by atoms with Crippen LogP contribution in [0.4, 0.5) is 35.0 Å². The summed E-state index contributed by atoms with van der Waals surface area (Å²) in [6, 6.07) is 1.19. The SMILES string of the molecule is [2H]C([2H])([2H])c1nn(C(C#N)(C([2H])([2H])[2H])C([2H])([2H])[2H])cc1Nc1ncc(C(F)(F)F)c(NCCF)n1. The van der Waals surface area contributed by atoms with Gasteiger partial charge in [0.15, 0.2) is 0 Å². The fourth-order valence-electron chi connectivity index (χ4n) is 1.76. The lowest BCUT2D eigenvalue weighted by Gasteiger charge is -2.15. The molecule has 0 aliphatic heterocycles. The highest BCUT2D eigenvalue weighted by molar-refractivity contribution is 5.58. The third kappa shape index (κ3) is 4.19. The van der Waals surface area contributed by atoms with Gasteiger partial charge in [0, 0.05) is 25.1 Å². The molecule has 140 valence electrons. The lowest BCUT2D eigenvalue weighted by molar-refractivity contribution is -0.137. The van der Waals surface area contributed by atoms with Crippen LogP contribution >= 0.6 is 0 Å². The monoisotopic (exact) mass is 380 g/mol. The number of hydrogen-bond acceptors (Lipinski definition) is 6. The molecule has 0 unspecified atom stereocenters. The molecule has 0 spiro atoms. The van der Waals surface area contributed by atoms with E-state index in [-0.39, 0.29) is 4.68 Å². The van der Waals surface area contributed by atoms with Crippen LogP contribution in [0.3, 0.4) is 0 Å². The second-order valence-electron chi connectivity index (χ2n) is 4.85. The van der Waals surface area contributed by atoms with Gasteiger partial charge in [-0.3, -0.25) is 4.68 Å². The zero-order valence-corrected chi connectivity index (χ0v) is 12.8. The quantitative estimate of drug-likeness (QED) is 0.747. The van der Waals surface area contributed by atoms with Crippen LogP contribution in [0.15, 0.2) is 12.4 Å². The normalized spacial score (nSPS) is 18.5. The molecule has 0 bridgehead atoms. The van der Waals surface area contributed by atoms with Crippen molar-refractivity contribution in [1.29, 1.82) is 5.26 Å². The van der Waals surface area contributed by atoms with E-state index in [1.807, 2.05) is 0 Å². The van der Waals surface area contributed by atoms with Gasteiger partial charge in [-0.25, -0.2) is 9.37 Å². The molecule has 0 aliphatic carbocycles. The van der Waals surface area contributed by atoms with E-state index < -0.39 is 74.2 Å². The highest BCUT2D eigenvalue weighted by Crippen LogP contribution is 2.34. The predicted molar refractivity (Wildman–Crippen MR) is 86.7 cm³/mol. The molecule has 11 heteroatoms. The van der Waals surface area contributed by atoms with Crippen LogP contribution in [0.1, 0.15) is 37.3 Å². The summed E-state index contributed by atoms with van der Waals surface area (Å²) in [5, 5.41) is 17.4. The summed E-state index contributed by atoms with van der Waals surface area (Å²) >= 11 is 0. The van der Waals surface area contributed by atoms with E-state index in [1.165, 1.54) is 6.07 Å². The van der Waals surface area contributed by atoms with Gasteiger partial charge in [0.25, 0.3) is 0 Å². The summed E-state index contributed by atoms with van der Waals surface area (Å²) in [4.78, 5) is 6.99. The fourth-order valence-corrected chi connectivity index (χ4v) is 1.76. The molecule has 2 heterocycles. The Morgan fingerprint density at radius 3 is 2.73 bits per heavy atom. The number of aromatic nitrogens is 4. The molecule has 2 N–H and O–H groups in total. The zero-order chi connectivity index (χ0) is 27.0. The third-order valence-corrected chi connectivity index (χ3v) is 2.95. The van der Waals surface area contributed by atoms with Crippen molar-refractivity contribution >= 4 is 17.5 Å². The molecule has 26 heavy (non-hydrogen) atoms. The average Bonchev–Trinajstić information content (AvgIpc) is 3.08. The van der Waals surface area contributed by atoms with Gasteiger partial charge in [-0.1, -0.05) is 0 Å². The van der Waals surface area contributed by atoms with Gasteiger partial charge < -0.3 is 10.6 Å². The Labute approximate surface area is 159 Å². The van der Waals surface area contributed by atoms with E-state index in [0.717, 1.165) is 0 Å². The Bertz CT molecular complexity index is 1090. The van der Waals surface area contributed by atoms with Crippen LogP contribution < -0.4 is 10.6 Å². The number of nitrogens with one attached hydrogen (secondary N) is 2. The second kappa shape index (κ2) is 7.15. The van der Waals surface area contributed by atoms with Gasteiger partial charge in [0.2, 0.25) is 5.95 Å². The van der Waals surface area contributed by atoms with Crippen LogP contribution in [0.5, 0.6) is 0 Å². The molecular weight excluding hydrogens is 354 g/mol. The molecular formula is C15H17F4N7. The van der Waals surface area contributed by atoms with Crippen molar-refractivity contribution in [1.82, 2.24) is 19.7 Å². The number of anilines is 3. The zero-order valence-electron chi connectivity index (χ0n) is 21.8. The first-order chi connectivity index (χ1) is 15.8. The summed E-state index contributed by atoms with van der Waals surface area (Å²) in [6.07, 6.45) is -3.99. The number of alkyl halides is 4. The summed E-state index contributed by atoms with van der Waals surface area (Å²) < 4.78 is 121. The number of nitriles is 1. The Kier molecular flexibility index (Phi) is 2.83. The molecule has 0 saturated heterocycles. The molecule has 0 aromatic carbocycles. The fraction of sp³-hybridized carbons (Fsp3) is 0.467. The first-order valence-electron chi connectivity index (χ1n) is 11.3. The van der Waals surface area contributed by atoms with Crippen LogP contribution in [0.2, 0.25) is 0 Å². The summed E-state index contributed by atoms with van der Waals surface area (Å²) in [6.45, 7) is -11.7. The standard InChI is InChI=1S/C15H17F4N7/c1-9-11(7-26(25-9)14(2,3)8-20)23-13-22-6-10(15(17,18)19)12(24-13)21-5-4-16/h6-7H,4-5H2,1-3H3,(H2,21,22,23,24)/i1D3,2D3,3D3. The number of halogens is 4. The number of rotatable bonds is 6. The van der Waals surface area contributed by atoms with Gasteiger partial charge >= 0.3 is 6.18 Å². The largest absolute Gasteiger partial charge is 0.421 e. The maximum atomic E-state index is 13.2. The molecule has 0 amide bonds. The molecule has 0 atom stereocenters. The van der Waals surface area contributed by atoms with Gasteiger partial charge in [-0.15, -0.1) is 0 Å². The minimum Gasteiger partial charge on any atom is -0.367 e. The maximum Gasteiger partial charge on any atom is 0.421 e. The average molecular weight is 380 g/mol. The van der Waals surface area contributed by atoms with E-state index >= 15 is 0 Å². The minimum absolute atomic E-state index is 0.156. The Balaban J connectivity index is 2.70. The Morgan fingerprint density at radius 1 is 1.38 bits per heavy atom. The number of aryl methyl sites for hydroxylation is 1. The molecule has 2 rings (SSSR count). The maximum absolute atomic E-state index is 13.2. The molecule has 0 saturated carbocycles. The lowest BCUT2D eigenvalue weighted by Crippen LogP contribution is -2.24. The highest BCUT2D eigenvalue weighted by Gasteiger charge is 2.35. The van der Waals surface area contributed by atoms with Crippen LogP contribution in [0.25, 0.3) is 0 Å². The molecule has 2 aromatic rings. The van der Waals surface area contributed by atoms with Crippen molar-refractivity contribution in [3.05, 3.63) is 23.7 Å². The van der Waals surface area contributed by atoms with E-state index in [2.05, 4.69) is 25.7 Å². The molecule has 0 aliphatic rings. The first-order valence-corrected chi connectivity index (χ1v) is 6.82. The smallest absolute Gasteiger partial charge is 0.367 e. The topological polar surface area (TPSA) is 91.5 Å². The second-order valence-corrected chi connectivity index (χ2v) is 4.85. The highest BCUT2D eigenvalue weighted by atomic mass is 19.4. The van der Waals surface area contributed by atoms with Crippen LogP contribution in [0, 0.1) is 18.2 Å². The van der Waals surface area contributed by atoms with E-state index in [1.54, 1.807) is 0 Å². The van der Waals surface area contributed by atoms with E-state index in [4.69, 9.17) is 12.3 Å². The summed E-state index contributed by atoms with van der Waals surface area (Å²) in [5.41, 5.74) is -6.17. The number of hydrogen-bond donors (Lipinski definition) is 2. The van der Waals surface area contributed by atoms with Crippen molar-refractivity contribution in [2.75, 3.05) is 23.9 Å². The minimum atomic E-state index is -4.92. The van der Waals surface area contributed by atoms with Gasteiger partial charge in [-0.05, 0) is 20.6 Å². The van der Waals surface area contributed by atoms with Gasteiger partial charge in [0.1, 0.15) is 23.6 Å². The lowest BCUT2D eigenvalue weighted by atomic mass is 10.1. The van der Waals surface area contributed by atoms with Crippen molar-refractivity contribution < 1.29 is 29.9 Å². The van der Waals surface area contributed by atoms with Crippen LogP contribution in [-0.4, -0.2) is 33.0 Å². The summed E-state index contributed by atoms with van der Waals surface area (Å²) in [7, 11) is 0. The molecule has 0 fully saturated rings. The molecule has 7 nitrogen and oxygen atoms in total. The van der Waals surface area contributed by atoms with Crippen molar-refractivity contribution in [3.8, 4) is 6.07 Å². The van der Waals surface area contributed by atoms with Crippen molar-refractivity contribution in [3.63, 3.8) is 0 Å². The van der Waals surface area contributed by atoms with Gasteiger partial charge in [0.05, 0.1) is 23.6 Å². The van der Waals surface area contributed by atoms with Crippen molar-refractivity contribution in [2.45, 2.75) is 32.3 Å². The number of nitrogens with zero attached hydrogens (tertiary/aromatic N) is 5. The molecule has 2 aromatic heterocycles. The Hall–Kier alpha value is -2.90. The van der Waals surface area contributed by atoms with E-state index in [9.17, 15) is 22.8 Å². The Morgan fingerprint density at radius 2 is 2.15 bits per heavy atom. The summed E-state index contributed by atoms with van der Waals surface area (Å²) in [5.74, 6) is -1.48.